The Balaban J connectivity index is 2.21. The lowest BCUT2D eigenvalue weighted by Crippen LogP contribution is -2.60. The number of carbonyl (C=O) groups excluding carboxylic acids is 1. The Morgan fingerprint density at radius 1 is 0.461 bits per heavy atom. The molecule has 0 bridgehead atoms. The highest BCUT2D eigenvalue weighted by Crippen LogP contribution is 2.23. The normalized spacial score (nSPS) is 19.5. The van der Waals surface area contributed by atoms with Gasteiger partial charge in [0.1, 0.15) is 24.4 Å². The zero-order valence-electron chi connectivity index (χ0n) is 48.7. The molecule has 76 heavy (non-hydrogen) atoms. The van der Waals surface area contributed by atoms with Crippen LogP contribution in [-0.4, -0.2) is 87.5 Å². The van der Waals surface area contributed by atoms with Crippen LogP contribution in [0.4, 0.5) is 0 Å². The summed E-state index contributed by atoms with van der Waals surface area (Å²) in [6.07, 6.45) is 73.4. The van der Waals surface area contributed by atoms with E-state index in [-0.39, 0.29) is 12.5 Å². The Kier molecular flexibility index (Phi) is 51.9. The molecule has 7 atom stereocenters. The average Bonchev–Trinajstić information content (AvgIpc) is 3.42. The highest BCUT2D eigenvalue weighted by Gasteiger charge is 2.44. The van der Waals surface area contributed by atoms with Crippen LogP contribution >= 0.6 is 0 Å². The molecule has 9 nitrogen and oxygen atoms in total. The van der Waals surface area contributed by atoms with E-state index < -0.39 is 49.5 Å². The molecule has 0 aromatic heterocycles. The Morgan fingerprint density at radius 2 is 0.829 bits per heavy atom. The summed E-state index contributed by atoms with van der Waals surface area (Å²) in [5.74, 6) is -0.191. The fraction of sp³-hybridized carbons (Fsp3) is 0.746. The summed E-state index contributed by atoms with van der Waals surface area (Å²) in [4.78, 5) is 13.1. The number of ether oxygens (including phenoxy) is 2. The fourth-order valence-corrected chi connectivity index (χ4v) is 9.47. The van der Waals surface area contributed by atoms with E-state index in [0.717, 1.165) is 77.0 Å². The van der Waals surface area contributed by atoms with Crippen molar-refractivity contribution in [3.05, 3.63) is 97.2 Å². The molecule has 0 aromatic carbocycles. The molecule has 0 spiro atoms. The van der Waals surface area contributed by atoms with E-state index >= 15 is 0 Å². The van der Waals surface area contributed by atoms with Crippen LogP contribution in [0.5, 0.6) is 0 Å². The summed E-state index contributed by atoms with van der Waals surface area (Å²) in [6.45, 7) is 3.67. The van der Waals surface area contributed by atoms with Crippen LogP contribution in [0.2, 0.25) is 0 Å². The highest BCUT2D eigenvalue weighted by molar-refractivity contribution is 5.76. The number of aliphatic hydroxyl groups is 5. The van der Waals surface area contributed by atoms with E-state index in [1.165, 1.54) is 167 Å². The van der Waals surface area contributed by atoms with Crippen LogP contribution in [0.15, 0.2) is 97.2 Å². The van der Waals surface area contributed by atoms with Crippen LogP contribution < -0.4 is 5.32 Å². The van der Waals surface area contributed by atoms with Gasteiger partial charge in [0.25, 0.3) is 0 Å². The van der Waals surface area contributed by atoms with Gasteiger partial charge in [0.05, 0.1) is 25.4 Å². The van der Waals surface area contributed by atoms with E-state index in [4.69, 9.17) is 9.47 Å². The van der Waals surface area contributed by atoms with Crippen LogP contribution in [0.1, 0.15) is 264 Å². The van der Waals surface area contributed by atoms with Gasteiger partial charge in [-0.05, 0) is 83.5 Å². The van der Waals surface area contributed by atoms with Gasteiger partial charge in [0.2, 0.25) is 5.91 Å². The number of allylic oxidation sites excluding steroid dienone is 15. The molecular formula is C67H117NO8. The first kappa shape index (κ1) is 71.1. The second-order valence-electron chi connectivity index (χ2n) is 21.5. The van der Waals surface area contributed by atoms with Crippen molar-refractivity contribution in [2.24, 2.45) is 0 Å². The van der Waals surface area contributed by atoms with Gasteiger partial charge >= 0.3 is 0 Å². The minimum atomic E-state index is -1.58. The van der Waals surface area contributed by atoms with Crippen LogP contribution in [0.3, 0.4) is 0 Å². The minimum absolute atomic E-state index is 0.191. The predicted octanol–water partition coefficient (Wildman–Crippen LogP) is 16.4. The van der Waals surface area contributed by atoms with Crippen molar-refractivity contribution < 1.29 is 39.8 Å². The van der Waals surface area contributed by atoms with Gasteiger partial charge < -0.3 is 40.3 Å². The molecule has 1 amide bonds. The largest absolute Gasteiger partial charge is 0.394 e. The van der Waals surface area contributed by atoms with Gasteiger partial charge in [-0.15, -0.1) is 0 Å². The number of rotatable bonds is 53. The van der Waals surface area contributed by atoms with Gasteiger partial charge in [-0.25, -0.2) is 0 Å². The second kappa shape index (κ2) is 55.4. The summed E-state index contributed by atoms with van der Waals surface area (Å²) in [5.41, 5.74) is 0. The van der Waals surface area contributed by atoms with E-state index in [1.807, 2.05) is 6.08 Å². The van der Waals surface area contributed by atoms with Crippen molar-refractivity contribution in [3.63, 3.8) is 0 Å². The fourth-order valence-electron chi connectivity index (χ4n) is 9.47. The summed E-state index contributed by atoms with van der Waals surface area (Å²) < 4.78 is 11.3. The van der Waals surface area contributed by atoms with Crippen molar-refractivity contribution >= 4 is 5.91 Å². The number of aliphatic hydroxyl groups excluding tert-OH is 5. The molecule has 0 aromatic rings. The number of carbonyl (C=O) groups is 1. The smallest absolute Gasteiger partial charge is 0.220 e. The van der Waals surface area contributed by atoms with Gasteiger partial charge in [-0.2, -0.15) is 0 Å². The van der Waals surface area contributed by atoms with Crippen molar-refractivity contribution in [2.45, 2.75) is 307 Å². The molecule has 1 aliphatic rings. The monoisotopic (exact) mass is 1060 g/mol. The summed E-state index contributed by atoms with van der Waals surface area (Å²) >= 11 is 0. The molecule has 438 valence electrons. The molecule has 0 aliphatic carbocycles. The third-order valence-corrected chi connectivity index (χ3v) is 14.4. The molecule has 6 N–H and O–H groups in total. The number of unbranched alkanes of at least 4 members (excludes halogenated alkanes) is 29. The summed E-state index contributed by atoms with van der Waals surface area (Å²) in [6, 6.07) is -0.830. The molecule has 1 fully saturated rings. The molecule has 7 unspecified atom stereocenters. The summed E-state index contributed by atoms with van der Waals surface area (Å²) in [7, 11) is 0. The van der Waals surface area contributed by atoms with Gasteiger partial charge in [0, 0.05) is 6.42 Å². The number of hydrogen-bond acceptors (Lipinski definition) is 8. The lowest BCUT2D eigenvalue weighted by molar-refractivity contribution is -0.302. The van der Waals surface area contributed by atoms with Crippen molar-refractivity contribution in [1.82, 2.24) is 5.32 Å². The first-order valence-electron chi connectivity index (χ1n) is 31.5. The topological polar surface area (TPSA) is 149 Å². The van der Waals surface area contributed by atoms with Crippen molar-refractivity contribution in [2.75, 3.05) is 13.2 Å². The maximum absolute atomic E-state index is 13.1. The van der Waals surface area contributed by atoms with Crippen molar-refractivity contribution in [3.8, 4) is 0 Å². The molecular weight excluding hydrogens is 947 g/mol. The minimum Gasteiger partial charge on any atom is -0.394 e. The highest BCUT2D eigenvalue weighted by atomic mass is 16.7. The van der Waals surface area contributed by atoms with Crippen LogP contribution in [0.25, 0.3) is 0 Å². The molecule has 0 radical (unpaired) electrons. The quantitative estimate of drug-likeness (QED) is 0.0261. The predicted molar refractivity (Wildman–Crippen MR) is 322 cm³/mol. The van der Waals surface area contributed by atoms with E-state index in [9.17, 15) is 30.3 Å². The van der Waals surface area contributed by atoms with Crippen LogP contribution in [-0.2, 0) is 14.3 Å². The first-order chi connectivity index (χ1) is 37.3. The van der Waals surface area contributed by atoms with E-state index in [0.29, 0.717) is 6.42 Å². The van der Waals surface area contributed by atoms with Crippen molar-refractivity contribution in [1.29, 1.82) is 0 Å². The average molecular weight is 1060 g/mol. The maximum Gasteiger partial charge on any atom is 0.220 e. The standard InChI is InChI=1S/C67H117NO8/c1-3-5-7-9-11-13-15-17-19-21-23-25-27-28-29-30-31-32-33-34-35-37-39-41-43-45-47-49-51-53-55-57-63(71)68-60(59-75-67-66(74)65(73)64(72)62(58-69)76-67)61(70)56-54-52-50-48-46-44-42-40-38-36-26-24-22-20-18-16-14-12-10-8-6-4-2/h5,7,11,13,17,19,23,25,28-29,31-32,46,48,54,56,60-62,64-67,69-70,72-74H,3-4,6,8-10,12,14-16,18,20-22,24,26-27,30,33-45,47,49-53,55,57-59H2,1-2H3,(H,68,71)/b7-5-,13-11-,19-17-,25-23-,29-28-,32-31-,48-46+,56-54+. The Labute approximate surface area is 466 Å². The van der Waals surface area contributed by atoms with E-state index in [1.54, 1.807) is 6.08 Å². The Hall–Kier alpha value is -2.89. The third kappa shape index (κ3) is 44.0. The number of nitrogens with one attached hydrogen (secondary N) is 1. The zero-order valence-corrected chi connectivity index (χ0v) is 48.7. The molecule has 9 heteroatoms. The number of amides is 1. The molecule has 1 saturated heterocycles. The zero-order chi connectivity index (χ0) is 55.0. The van der Waals surface area contributed by atoms with E-state index in [2.05, 4.69) is 104 Å². The lowest BCUT2D eigenvalue weighted by Gasteiger charge is -2.40. The molecule has 1 heterocycles. The lowest BCUT2D eigenvalue weighted by atomic mass is 9.99. The van der Waals surface area contributed by atoms with Gasteiger partial charge in [-0.3, -0.25) is 4.79 Å². The molecule has 1 aliphatic heterocycles. The molecule has 0 saturated carbocycles. The number of hydrogen-bond donors (Lipinski definition) is 6. The SMILES string of the molecule is CC/C=C\C/C=C\C/C=C\C/C=C\C/C=C\C/C=C\CCCCCCCCCCCCCCC(=O)NC(COC1OC(CO)C(O)C(O)C1O)C(O)/C=C/CC/C=C/CCCCCCCCCCCCCCCCCC. The second-order valence-corrected chi connectivity index (χ2v) is 21.5. The third-order valence-electron chi connectivity index (χ3n) is 14.4. The van der Waals surface area contributed by atoms with Gasteiger partial charge in [0.15, 0.2) is 6.29 Å². The Bertz CT molecular complexity index is 1510. The first-order valence-corrected chi connectivity index (χ1v) is 31.5. The Morgan fingerprint density at radius 3 is 1.26 bits per heavy atom. The molecule has 1 rings (SSSR count). The van der Waals surface area contributed by atoms with Crippen LogP contribution in [0, 0.1) is 0 Å². The van der Waals surface area contributed by atoms with Gasteiger partial charge in [-0.1, -0.05) is 272 Å². The maximum atomic E-state index is 13.1. The summed E-state index contributed by atoms with van der Waals surface area (Å²) in [5, 5.41) is 54.6.